The SMILES string of the molecule is CCCCCCCCCCCC/C=C\CCCCCCCCC(O)C(=O)NC(CO)C(O)C(O)CCC/C=C/CCCCCCCCCCCCCCCCCCCCCCCCCCCC. The van der Waals surface area contributed by atoms with Crippen LogP contribution in [0.15, 0.2) is 24.3 Å². The molecule has 0 spiro atoms. The second kappa shape index (κ2) is 55.7. The van der Waals surface area contributed by atoms with Crippen LogP contribution in [-0.2, 0) is 4.79 Å². The summed E-state index contributed by atoms with van der Waals surface area (Å²) in [5, 5.41) is 44.0. The molecule has 0 heterocycles. The maximum absolute atomic E-state index is 12.6. The van der Waals surface area contributed by atoms with Crippen molar-refractivity contribution < 1.29 is 25.2 Å². The molecule has 4 unspecified atom stereocenters. The van der Waals surface area contributed by atoms with Crippen LogP contribution in [0, 0.1) is 0 Å². The van der Waals surface area contributed by atoms with Crippen LogP contribution in [0.1, 0.15) is 328 Å². The first-order valence-electron chi connectivity index (χ1n) is 30.2. The van der Waals surface area contributed by atoms with Gasteiger partial charge in [-0.1, -0.05) is 289 Å². The lowest BCUT2D eigenvalue weighted by molar-refractivity contribution is -0.132. The zero-order chi connectivity index (χ0) is 48.8. The zero-order valence-electron chi connectivity index (χ0n) is 45.2. The molecule has 398 valence electrons. The maximum atomic E-state index is 12.6. The summed E-state index contributed by atoms with van der Waals surface area (Å²) in [4.78, 5) is 12.6. The van der Waals surface area contributed by atoms with Crippen molar-refractivity contribution >= 4 is 5.91 Å². The number of carbonyl (C=O) groups excluding carboxylic acids is 1. The molecule has 0 bridgehead atoms. The van der Waals surface area contributed by atoms with E-state index in [-0.39, 0.29) is 0 Å². The summed E-state index contributed by atoms with van der Waals surface area (Å²) >= 11 is 0. The number of aliphatic hydroxyl groups is 4. The molecular weight excluding hydrogens is 827 g/mol. The Labute approximate surface area is 418 Å². The van der Waals surface area contributed by atoms with Gasteiger partial charge in [-0.2, -0.15) is 0 Å². The van der Waals surface area contributed by atoms with Gasteiger partial charge in [-0.05, 0) is 64.2 Å². The van der Waals surface area contributed by atoms with E-state index in [9.17, 15) is 25.2 Å². The fourth-order valence-electron chi connectivity index (χ4n) is 9.64. The Bertz CT molecular complexity index is 1020. The van der Waals surface area contributed by atoms with Crippen LogP contribution in [0.4, 0.5) is 0 Å². The van der Waals surface area contributed by atoms with Crippen molar-refractivity contribution in [3.63, 3.8) is 0 Å². The molecule has 6 heteroatoms. The molecule has 4 atom stereocenters. The van der Waals surface area contributed by atoms with Crippen LogP contribution in [0.5, 0.6) is 0 Å². The number of amides is 1. The number of rotatable bonds is 56. The number of hydrogen-bond donors (Lipinski definition) is 5. The first-order chi connectivity index (χ1) is 33.0. The number of allylic oxidation sites excluding steroid dienone is 4. The third-order valence-corrected chi connectivity index (χ3v) is 14.4. The smallest absolute Gasteiger partial charge is 0.249 e. The second-order valence-corrected chi connectivity index (χ2v) is 21.0. The van der Waals surface area contributed by atoms with Gasteiger partial charge in [-0.15, -0.1) is 0 Å². The Morgan fingerprint density at radius 2 is 0.612 bits per heavy atom. The highest BCUT2D eigenvalue weighted by molar-refractivity contribution is 5.80. The normalized spacial score (nSPS) is 13.8. The molecule has 0 aliphatic heterocycles. The molecule has 0 aromatic carbocycles. The summed E-state index contributed by atoms with van der Waals surface area (Å²) in [6.45, 7) is 4.08. The van der Waals surface area contributed by atoms with E-state index in [1.165, 1.54) is 257 Å². The van der Waals surface area contributed by atoms with Gasteiger partial charge >= 0.3 is 0 Å². The predicted octanol–water partition coefficient (Wildman–Crippen LogP) is 17.8. The molecule has 67 heavy (non-hydrogen) atoms. The van der Waals surface area contributed by atoms with Crippen LogP contribution >= 0.6 is 0 Å². The molecule has 0 fully saturated rings. The van der Waals surface area contributed by atoms with E-state index in [0.717, 1.165) is 44.9 Å². The Kier molecular flexibility index (Phi) is 54.7. The highest BCUT2D eigenvalue weighted by Gasteiger charge is 2.28. The van der Waals surface area contributed by atoms with Crippen molar-refractivity contribution in [3.8, 4) is 0 Å². The summed E-state index contributed by atoms with van der Waals surface area (Å²) in [5.41, 5.74) is 0. The number of aliphatic hydroxyl groups excluding tert-OH is 4. The van der Waals surface area contributed by atoms with Gasteiger partial charge in [0.15, 0.2) is 0 Å². The number of hydrogen-bond acceptors (Lipinski definition) is 5. The van der Waals surface area contributed by atoms with Gasteiger partial charge in [0, 0.05) is 0 Å². The summed E-state index contributed by atoms with van der Waals surface area (Å²) in [6.07, 6.45) is 68.4. The quantitative estimate of drug-likeness (QED) is 0.0308. The zero-order valence-corrected chi connectivity index (χ0v) is 45.2. The molecule has 0 saturated carbocycles. The predicted molar refractivity (Wildman–Crippen MR) is 293 cm³/mol. The molecule has 0 saturated heterocycles. The summed E-state index contributed by atoms with van der Waals surface area (Å²) in [5.74, 6) is -0.594. The fourth-order valence-corrected chi connectivity index (χ4v) is 9.64. The molecule has 6 nitrogen and oxygen atoms in total. The van der Waals surface area contributed by atoms with Gasteiger partial charge in [0.2, 0.25) is 5.91 Å². The Hall–Kier alpha value is -1.21. The molecule has 5 N–H and O–H groups in total. The van der Waals surface area contributed by atoms with Crippen molar-refractivity contribution in [2.24, 2.45) is 0 Å². The van der Waals surface area contributed by atoms with Crippen LogP contribution in [0.2, 0.25) is 0 Å². The molecule has 0 radical (unpaired) electrons. The van der Waals surface area contributed by atoms with Gasteiger partial charge in [0.25, 0.3) is 0 Å². The van der Waals surface area contributed by atoms with Gasteiger partial charge in [0.05, 0.1) is 18.8 Å². The average molecular weight is 947 g/mol. The molecule has 0 aliphatic carbocycles. The lowest BCUT2D eigenvalue weighted by Crippen LogP contribution is -2.53. The van der Waals surface area contributed by atoms with Crippen LogP contribution in [0.25, 0.3) is 0 Å². The molecule has 0 rings (SSSR count). The second-order valence-electron chi connectivity index (χ2n) is 21.0. The Morgan fingerprint density at radius 3 is 0.896 bits per heavy atom. The van der Waals surface area contributed by atoms with E-state index in [1.54, 1.807) is 0 Å². The van der Waals surface area contributed by atoms with Crippen molar-refractivity contribution in [1.82, 2.24) is 5.32 Å². The van der Waals surface area contributed by atoms with E-state index in [0.29, 0.717) is 12.8 Å². The number of unbranched alkanes of at least 4 members (excludes halogenated alkanes) is 43. The molecule has 0 aliphatic rings. The highest BCUT2D eigenvalue weighted by atomic mass is 16.3. The van der Waals surface area contributed by atoms with E-state index in [4.69, 9.17) is 0 Å². The molecular formula is C61H119NO5. The third-order valence-electron chi connectivity index (χ3n) is 14.4. The summed E-state index contributed by atoms with van der Waals surface area (Å²) < 4.78 is 0. The highest BCUT2D eigenvalue weighted by Crippen LogP contribution is 2.18. The number of carbonyl (C=O) groups is 1. The van der Waals surface area contributed by atoms with E-state index in [2.05, 4.69) is 43.5 Å². The minimum Gasteiger partial charge on any atom is -0.394 e. The topological polar surface area (TPSA) is 110 Å². The monoisotopic (exact) mass is 946 g/mol. The molecule has 0 aromatic rings. The lowest BCUT2D eigenvalue weighted by Gasteiger charge is -2.27. The third kappa shape index (κ3) is 49.6. The van der Waals surface area contributed by atoms with Crippen molar-refractivity contribution in [1.29, 1.82) is 0 Å². The van der Waals surface area contributed by atoms with Crippen molar-refractivity contribution in [3.05, 3.63) is 24.3 Å². The van der Waals surface area contributed by atoms with Gasteiger partial charge in [-0.25, -0.2) is 0 Å². The fraction of sp³-hybridized carbons (Fsp3) is 0.918. The van der Waals surface area contributed by atoms with Crippen LogP contribution in [0.3, 0.4) is 0 Å². The summed E-state index contributed by atoms with van der Waals surface area (Å²) in [6, 6.07) is -1.00. The maximum Gasteiger partial charge on any atom is 0.249 e. The van der Waals surface area contributed by atoms with Crippen molar-refractivity contribution in [2.75, 3.05) is 6.61 Å². The van der Waals surface area contributed by atoms with E-state index in [1.807, 2.05) is 0 Å². The first-order valence-corrected chi connectivity index (χ1v) is 30.2. The minimum absolute atomic E-state index is 0.357. The van der Waals surface area contributed by atoms with Gasteiger partial charge < -0.3 is 25.7 Å². The summed E-state index contributed by atoms with van der Waals surface area (Å²) in [7, 11) is 0. The van der Waals surface area contributed by atoms with E-state index < -0.39 is 36.9 Å². The van der Waals surface area contributed by atoms with Gasteiger partial charge in [0.1, 0.15) is 12.2 Å². The Morgan fingerprint density at radius 1 is 0.358 bits per heavy atom. The minimum atomic E-state index is -1.28. The average Bonchev–Trinajstić information content (AvgIpc) is 3.33. The lowest BCUT2D eigenvalue weighted by atomic mass is 10.00. The molecule has 1 amide bonds. The number of nitrogens with one attached hydrogen (secondary N) is 1. The first kappa shape index (κ1) is 65.8. The van der Waals surface area contributed by atoms with E-state index >= 15 is 0 Å². The molecule has 0 aromatic heterocycles. The Balaban J connectivity index is 3.61. The largest absolute Gasteiger partial charge is 0.394 e. The standard InChI is InChI=1S/C61H119NO5/c1-3-5-7-9-11-13-15-17-19-21-23-25-26-27-28-29-30-31-32-33-34-35-37-38-40-42-44-46-48-50-52-54-58(64)60(66)57(56-63)62-61(67)59(65)55-53-51-49-47-45-43-41-39-36-24-22-20-18-16-14-12-10-8-6-4-2/h36,39,46,48,57-60,63-66H,3-35,37-38,40-45,47,49-56H2,1-2H3,(H,62,67)/b39-36-,48-46+. The van der Waals surface area contributed by atoms with Gasteiger partial charge in [-0.3, -0.25) is 4.79 Å². The van der Waals surface area contributed by atoms with Crippen molar-refractivity contribution in [2.45, 2.75) is 353 Å². The van der Waals surface area contributed by atoms with Crippen LogP contribution in [-0.4, -0.2) is 57.3 Å². The van der Waals surface area contributed by atoms with Crippen LogP contribution < -0.4 is 5.32 Å².